The summed E-state index contributed by atoms with van der Waals surface area (Å²) >= 11 is 1.55. The van der Waals surface area contributed by atoms with E-state index in [1.54, 1.807) is 42.6 Å². The molecule has 0 unspecified atom stereocenters. The molecule has 0 aliphatic carbocycles. The molecule has 0 atom stereocenters. The van der Waals surface area contributed by atoms with Gasteiger partial charge in [-0.25, -0.2) is 8.42 Å². The number of nitrogens with zero attached hydrogens (tertiary/aromatic N) is 1. The number of rotatable bonds is 5. The van der Waals surface area contributed by atoms with Crippen LogP contribution in [-0.4, -0.2) is 19.8 Å². The minimum absolute atomic E-state index is 0.210. The van der Waals surface area contributed by atoms with Gasteiger partial charge in [-0.05, 0) is 34.0 Å². The molecule has 1 heterocycles. The van der Waals surface area contributed by atoms with Crippen molar-refractivity contribution in [2.75, 3.05) is 7.05 Å². The fourth-order valence-electron chi connectivity index (χ4n) is 1.82. The second-order valence-corrected chi connectivity index (χ2v) is 7.00. The molecule has 0 aliphatic heterocycles. The van der Waals surface area contributed by atoms with Gasteiger partial charge in [-0.3, -0.25) is 0 Å². The first-order chi connectivity index (χ1) is 9.05. The summed E-state index contributed by atoms with van der Waals surface area (Å²) in [5.41, 5.74) is 7.23. The van der Waals surface area contributed by atoms with Crippen molar-refractivity contribution in [1.29, 1.82) is 0 Å². The van der Waals surface area contributed by atoms with Crippen molar-refractivity contribution in [3.63, 3.8) is 0 Å². The number of nitrogens with two attached hydrogens (primary N) is 1. The third-order valence-electron chi connectivity index (χ3n) is 2.87. The van der Waals surface area contributed by atoms with Gasteiger partial charge < -0.3 is 5.73 Å². The number of benzene rings is 1. The molecule has 1 aromatic heterocycles. The summed E-state index contributed by atoms with van der Waals surface area (Å²) in [5, 5.41) is 3.88. The van der Waals surface area contributed by atoms with Gasteiger partial charge in [0.2, 0.25) is 10.0 Å². The van der Waals surface area contributed by atoms with Crippen LogP contribution in [0.3, 0.4) is 0 Å². The molecule has 4 nitrogen and oxygen atoms in total. The van der Waals surface area contributed by atoms with Gasteiger partial charge in [-0.1, -0.05) is 18.2 Å². The van der Waals surface area contributed by atoms with E-state index in [2.05, 4.69) is 0 Å². The first-order valence-corrected chi connectivity index (χ1v) is 8.19. The maximum absolute atomic E-state index is 12.5. The molecule has 1 aromatic carbocycles. The topological polar surface area (TPSA) is 63.4 Å². The lowest BCUT2D eigenvalue weighted by atomic mass is 10.2. The zero-order chi connectivity index (χ0) is 13.9. The summed E-state index contributed by atoms with van der Waals surface area (Å²) in [6, 6.07) is 8.77. The fraction of sp³-hybridized carbons (Fsp3) is 0.231. The molecule has 0 radical (unpaired) electrons. The van der Waals surface area contributed by atoms with Crippen molar-refractivity contribution in [2.45, 2.75) is 18.0 Å². The van der Waals surface area contributed by atoms with Crippen LogP contribution >= 0.6 is 11.3 Å². The van der Waals surface area contributed by atoms with E-state index < -0.39 is 10.0 Å². The minimum atomic E-state index is -3.50. The maximum atomic E-state index is 12.5. The monoisotopic (exact) mass is 296 g/mol. The molecule has 0 saturated heterocycles. The second kappa shape index (κ2) is 5.83. The summed E-state index contributed by atoms with van der Waals surface area (Å²) in [6.07, 6.45) is 0. The lowest BCUT2D eigenvalue weighted by molar-refractivity contribution is 0.466. The summed E-state index contributed by atoms with van der Waals surface area (Å²) in [4.78, 5) is 0.287. The van der Waals surface area contributed by atoms with Crippen molar-refractivity contribution in [3.05, 3.63) is 52.2 Å². The second-order valence-electron chi connectivity index (χ2n) is 4.20. The van der Waals surface area contributed by atoms with Crippen molar-refractivity contribution in [1.82, 2.24) is 4.31 Å². The van der Waals surface area contributed by atoms with Gasteiger partial charge in [0.1, 0.15) is 0 Å². The summed E-state index contributed by atoms with van der Waals surface area (Å²) in [5.74, 6) is 0. The molecule has 0 fully saturated rings. The maximum Gasteiger partial charge on any atom is 0.243 e. The van der Waals surface area contributed by atoms with Gasteiger partial charge in [0.05, 0.1) is 4.90 Å². The number of hydrogen-bond donors (Lipinski definition) is 1. The van der Waals surface area contributed by atoms with Crippen LogP contribution < -0.4 is 5.73 Å². The molecule has 2 N–H and O–H groups in total. The molecule has 2 aromatic rings. The van der Waals surface area contributed by atoms with E-state index in [1.807, 2.05) is 16.8 Å². The quantitative estimate of drug-likeness (QED) is 0.918. The van der Waals surface area contributed by atoms with Crippen LogP contribution in [0.4, 0.5) is 0 Å². The highest BCUT2D eigenvalue weighted by Crippen LogP contribution is 2.21. The molecule has 6 heteroatoms. The Morgan fingerprint density at radius 1 is 1.26 bits per heavy atom. The largest absolute Gasteiger partial charge is 0.326 e. The molecule has 0 spiro atoms. The standard InChI is InChI=1S/C13H16N2O2S2/c1-15(9-11-6-7-18-10-11)19(16,17)13-5-3-2-4-12(13)8-14/h2-7,10H,8-9,14H2,1H3. The molecule has 0 aliphatic rings. The average molecular weight is 296 g/mol. The Labute approximate surface area is 117 Å². The Balaban J connectivity index is 2.31. The van der Waals surface area contributed by atoms with Gasteiger partial charge >= 0.3 is 0 Å². The zero-order valence-corrected chi connectivity index (χ0v) is 12.2. The molecule has 0 saturated carbocycles. The third kappa shape index (κ3) is 3.03. The predicted octanol–water partition coefficient (Wildman–Crippen LogP) is 2.03. The van der Waals surface area contributed by atoms with Crippen molar-refractivity contribution < 1.29 is 8.42 Å². The molecule has 0 bridgehead atoms. The van der Waals surface area contributed by atoms with Gasteiger partial charge in [0, 0.05) is 20.1 Å². The highest BCUT2D eigenvalue weighted by atomic mass is 32.2. The number of hydrogen-bond acceptors (Lipinski definition) is 4. The highest BCUT2D eigenvalue weighted by Gasteiger charge is 2.23. The van der Waals surface area contributed by atoms with Crippen LogP contribution in [-0.2, 0) is 23.1 Å². The van der Waals surface area contributed by atoms with E-state index in [-0.39, 0.29) is 11.4 Å². The first-order valence-electron chi connectivity index (χ1n) is 5.81. The van der Waals surface area contributed by atoms with Crippen molar-refractivity contribution >= 4 is 21.4 Å². The smallest absolute Gasteiger partial charge is 0.243 e. The third-order valence-corrected chi connectivity index (χ3v) is 5.50. The molecular weight excluding hydrogens is 280 g/mol. The predicted molar refractivity (Wildman–Crippen MR) is 77.3 cm³/mol. The summed E-state index contributed by atoms with van der Waals surface area (Å²) in [6.45, 7) is 0.576. The number of thiophene rings is 1. The summed E-state index contributed by atoms with van der Waals surface area (Å²) in [7, 11) is -1.92. The van der Waals surface area contributed by atoms with Crippen molar-refractivity contribution in [2.24, 2.45) is 5.73 Å². The van der Waals surface area contributed by atoms with E-state index in [0.29, 0.717) is 12.1 Å². The molecule has 102 valence electrons. The Kier molecular flexibility index (Phi) is 4.36. The van der Waals surface area contributed by atoms with Crippen LogP contribution in [0.15, 0.2) is 46.0 Å². The van der Waals surface area contributed by atoms with Crippen LogP contribution in [0.2, 0.25) is 0 Å². The summed E-state index contributed by atoms with van der Waals surface area (Å²) < 4.78 is 26.4. The average Bonchev–Trinajstić information content (AvgIpc) is 2.91. The van der Waals surface area contributed by atoms with Crippen LogP contribution in [0.5, 0.6) is 0 Å². The van der Waals surface area contributed by atoms with Gasteiger partial charge in [0.15, 0.2) is 0 Å². The lowest BCUT2D eigenvalue weighted by Gasteiger charge is -2.18. The van der Waals surface area contributed by atoms with Crippen LogP contribution in [0.25, 0.3) is 0 Å². The highest BCUT2D eigenvalue weighted by molar-refractivity contribution is 7.89. The van der Waals surface area contributed by atoms with E-state index in [0.717, 1.165) is 5.56 Å². The van der Waals surface area contributed by atoms with Gasteiger partial charge in [-0.15, -0.1) is 0 Å². The van der Waals surface area contributed by atoms with Gasteiger partial charge in [0.25, 0.3) is 0 Å². The normalized spacial score (nSPS) is 11.9. The van der Waals surface area contributed by atoms with E-state index in [1.165, 1.54) is 4.31 Å². The molecule has 2 rings (SSSR count). The Bertz CT molecular complexity index is 636. The van der Waals surface area contributed by atoms with Crippen LogP contribution in [0, 0.1) is 0 Å². The molecule has 0 amide bonds. The van der Waals surface area contributed by atoms with E-state index >= 15 is 0 Å². The van der Waals surface area contributed by atoms with E-state index in [4.69, 9.17) is 5.73 Å². The Morgan fingerprint density at radius 2 is 2.00 bits per heavy atom. The van der Waals surface area contributed by atoms with Crippen LogP contribution in [0.1, 0.15) is 11.1 Å². The van der Waals surface area contributed by atoms with Gasteiger partial charge in [-0.2, -0.15) is 15.6 Å². The Hall–Kier alpha value is -1.21. The first kappa shape index (κ1) is 14.2. The van der Waals surface area contributed by atoms with E-state index in [9.17, 15) is 8.42 Å². The lowest BCUT2D eigenvalue weighted by Crippen LogP contribution is -2.27. The SMILES string of the molecule is CN(Cc1ccsc1)S(=O)(=O)c1ccccc1CN. The molecule has 19 heavy (non-hydrogen) atoms. The number of sulfonamides is 1. The minimum Gasteiger partial charge on any atom is -0.326 e. The Morgan fingerprint density at radius 3 is 2.63 bits per heavy atom. The fourth-order valence-corrected chi connectivity index (χ4v) is 3.86. The molecular formula is C13H16N2O2S2. The zero-order valence-electron chi connectivity index (χ0n) is 10.6. The van der Waals surface area contributed by atoms with Crippen molar-refractivity contribution in [3.8, 4) is 0 Å².